The Labute approximate surface area is 174 Å². The van der Waals surface area contributed by atoms with Gasteiger partial charge >= 0.3 is 6.09 Å². The van der Waals surface area contributed by atoms with Crippen LogP contribution in [0, 0.1) is 0 Å². The molecular formula is C18H26Cl2N6O2. The van der Waals surface area contributed by atoms with Gasteiger partial charge in [-0.3, -0.25) is 0 Å². The summed E-state index contributed by atoms with van der Waals surface area (Å²) in [6.07, 6.45) is 1.53. The maximum atomic E-state index is 12.5. The van der Waals surface area contributed by atoms with E-state index in [1.807, 2.05) is 32.3 Å². The number of piperidine rings is 1. The van der Waals surface area contributed by atoms with Crippen molar-refractivity contribution in [2.45, 2.75) is 58.7 Å². The molecule has 1 unspecified atom stereocenters. The number of halogens is 2. The number of aromatic nitrogens is 4. The Bertz CT molecular complexity index is 879. The van der Waals surface area contributed by atoms with E-state index in [0.717, 1.165) is 25.3 Å². The number of carbonyl (C=O) groups excluding carboxylic acids is 1. The van der Waals surface area contributed by atoms with E-state index >= 15 is 0 Å². The van der Waals surface area contributed by atoms with Crippen molar-refractivity contribution in [3.8, 4) is 0 Å². The number of hydrogen-bond acceptors (Lipinski definition) is 6. The number of nitrogens with zero attached hydrogens (tertiary/aromatic N) is 6. The van der Waals surface area contributed by atoms with Crippen molar-refractivity contribution >= 4 is 46.4 Å². The summed E-state index contributed by atoms with van der Waals surface area (Å²) in [6, 6.07) is 0.0267. The number of carbonyl (C=O) groups is 1. The van der Waals surface area contributed by atoms with Gasteiger partial charge in [-0.05, 0) is 52.1 Å². The fourth-order valence-corrected chi connectivity index (χ4v) is 3.91. The fourth-order valence-electron chi connectivity index (χ4n) is 3.43. The second kappa shape index (κ2) is 7.91. The van der Waals surface area contributed by atoms with Gasteiger partial charge in [-0.2, -0.15) is 9.97 Å². The van der Waals surface area contributed by atoms with Crippen LogP contribution in [0.15, 0.2) is 0 Å². The van der Waals surface area contributed by atoms with Gasteiger partial charge in [0.25, 0.3) is 0 Å². The molecule has 10 heteroatoms. The number of anilines is 1. The summed E-state index contributed by atoms with van der Waals surface area (Å²) >= 11 is 12.2. The zero-order chi connectivity index (χ0) is 20.6. The first kappa shape index (κ1) is 20.9. The smallest absolute Gasteiger partial charge is 0.410 e. The predicted molar refractivity (Wildman–Crippen MR) is 110 cm³/mol. The molecule has 0 radical (unpaired) electrons. The lowest BCUT2D eigenvalue weighted by atomic mass is 10.1. The second-order valence-electron chi connectivity index (χ2n) is 7.95. The zero-order valence-corrected chi connectivity index (χ0v) is 18.4. The average molecular weight is 429 g/mol. The van der Waals surface area contributed by atoms with Crippen molar-refractivity contribution in [3.05, 3.63) is 10.4 Å². The molecule has 1 amide bonds. The molecule has 0 saturated carbocycles. The molecule has 0 N–H and O–H groups in total. The van der Waals surface area contributed by atoms with Gasteiger partial charge < -0.3 is 19.1 Å². The fraction of sp³-hybridized carbons (Fsp3) is 0.667. The van der Waals surface area contributed by atoms with Crippen LogP contribution in [0.25, 0.3) is 11.2 Å². The predicted octanol–water partition coefficient (Wildman–Crippen LogP) is 3.99. The summed E-state index contributed by atoms with van der Waals surface area (Å²) in [6.45, 7) is 9.77. The van der Waals surface area contributed by atoms with Gasteiger partial charge in [0.1, 0.15) is 11.1 Å². The Morgan fingerprint density at radius 3 is 2.64 bits per heavy atom. The third-order valence-electron chi connectivity index (χ3n) is 4.74. The average Bonchev–Trinajstić information content (AvgIpc) is 2.98. The van der Waals surface area contributed by atoms with Crippen LogP contribution >= 0.6 is 23.2 Å². The summed E-state index contributed by atoms with van der Waals surface area (Å²) < 4.78 is 7.50. The normalized spacial score (nSPS) is 17.8. The first-order valence-electron chi connectivity index (χ1n) is 9.40. The van der Waals surface area contributed by atoms with Crippen molar-refractivity contribution in [1.82, 2.24) is 24.4 Å². The van der Waals surface area contributed by atoms with Gasteiger partial charge in [-0.1, -0.05) is 11.6 Å². The van der Waals surface area contributed by atoms with Crippen LogP contribution in [0.3, 0.4) is 0 Å². The molecule has 28 heavy (non-hydrogen) atoms. The topological polar surface area (TPSA) is 76.4 Å². The Balaban J connectivity index is 1.86. The van der Waals surface area contributed by atoms with Crippen LogP contribution in [-0.2, 0) is 11.3 Å². The van der Waals surface area contributed by atoms with Crippen molar-refractivity contribution in [3.63, 3.8) is 0 Å². The quantitative estimate of drug-likeness (QED) is 0.543. The third kappa shape index (κ3) is 4.27. The summed E-state index contributed by atoms with van der Waals surface area (Å²) in [5.41, 5.74) is 0.626. The molecule has 0 aromatic carbocycles. The van der Waals surface area contributed by atoms with Crippen LogP contribution < -0.4 is 4.90 Å². The van der Waals surface area contributed by atoms with E-state index in [1.54, 1.807) is 11.9 Å². The van der Waals surface area contributed by atoms with Gasteiger partial charge in [0.15, 0.2) is 10.8 Å². The Kier molecular flexibility index (Phi) is 5.91. The van der Waals surface area contributed by atoms with Gasteiger partial charge in [-0.25, -0.2) is 9.78 Å². The van der Waals surface area contributed by atoms with Gasteiger partial charge in [0.05, 0.1) is 6.04 Å². The first-order valence-corrected chi connectivity index (χ1v) is 10.2. The number of rotatable bonds is 3. The molecular weight excluding hydrogens is 403 g/mol. The Morgan fingerprint density at radius 2 is 2.00 bits per heavy atom. The lowest BCUT2D eigenvalue weighted by molar-refractivity contribution is 0.0209. The zero-order valence-electron chi connectivity index (χ0n) is 16.9. The largest absolute Gasteiger partial charge is 0.444 e. The highest BCUT2D eigenvalue weighted by Crippen LogP contribution is 2.29. The summed E-state index contributed by atoms with van der Waals surface area (Å²) in [5.74, 6) is 0.762. The minimum Gasteiger partial charge on any atom is -0.444 e. The van der Waals surface area contributed by atoms with Crippen LogP contribution in [0.1, 0.15) is 40.5 Å². The molecule has 2 aromatic rings. The number of likely N-dealkylation sites (N-methyl/N-ethyl adjacent to an activating group) is 1. The summed E-state index contributed by atoms with van der Waals surface area (Å²) in [5, 5.41) is 0.362. The van der Waals surface area contributed by atoms with Crippen LogP contribution in [0.2, 0.25) is 10.4 Å². The molecule has 1 saturated heterocycles. The van der Waals surface area contributed by atoms with E-state index in [-0.39, 0.29) is 22.6 Å². The van der Waals surface area contributed by atoms with Gasteiger partial charge in [0, 0.05) is 26.7 Å². The number of aryl methyl sites for hydroxylation is 1. The molecule has 2 aromatic heterocycles. The van der Waals surface area contributed by atoms with Gasteiger partial charge in [0.2, 0.25) is 11.2 Å². The highest BCUT2D eigenvalue weighted by Gasteiger charge is 2.31. The standard InChI is InChI=1S/C18H26Cl2N6O2/c1-6-26-12-13(19)21-15(20)22-14(12)23-16(26)25-9-7-8-11(10-25)24(5)17(27)28-18(2,3)4/h11H,6-10H2,1-5H3. The first-order chi connectivity index (χ1) is 13.1. The van der Waals surface area contributed by atoms with Crippen molar-refractivity contribution in [1.29, 1.82) is 0 Å². The maximum absolute atomic E-state index is 12.5. The molecule has 0 spiro atoms. The number of amides is 1. The molecule has 3 heterocycles. The Hall–Kier alpha value is -1.80. The van der Waals surface area contributed by atoms with E-state index in [9.17, 15) is 4.79 Å². The minimum absolute atomic E-state index is 0.0267. The highest BCUT2D eigenvalue weighted by atomic mass is 35.5. The second-order valence-corrected chi connectivity index (χ2v) is 8.64. The van der Waals surface area contributed by atoms with Crippen molar-refractivity contribution < 1.29 is 9.53 Å². The number of hydrogen-bond donors (Lipinski definition) is 0. The molecule has 1 aliphatic rings. The number of imidazole rings is 1. The highest BCUT2D eigenvalue weighted by molar-refractivity contribution is 6.35. The molecule has 1 atom stereocenters. The van der Waals surface area contributed by atoms with Crippen LogP contribution in [0.5, 0.6) is 0 Å². The van der Waals surface area contributed by atoms with Crippen molar-refractivity contribution in [2.24, 2.45) is 0 Å². The summed E-state index contributed by atoms with van der Waals surface area (Å²) in [4.78, 5) is 29.2. The van der Waals surface area contributed by atoms with Crippen molar-refractivity contribution in [2.75, 3.05) is 25.0 Å². The van der Waals surface area contributed by atoms with E-state index in [4.69, 9.17) is 27.9 Å². The van der Waals surface area contributed by atoms with E-state index in [1.165, 1.54) is 0 Å². The van der Waals surface area contributed by atoms with E-state index < -0.39 is 5.60 Å². The van der Waals surface area contributed by atoms with Gasteiger partial charge in [-0.15, -0.1) is 0 Å². The number of ether oxygens (including phenoxy) is 1. The lowest BCUT2D eigenvalue weighted by Crippen LogP contribution is -2.50. The SMILES string of the molecule is CCn1c(N2CCCC(N(C)C(=O)OC(C)(C)C)C2)nc2nc(Cl)nc(Cl)c21. The molecule has 0 aliphatic carbocycles. The molecule has 154 valence electrons. The minimum atomic E-state index is -0.523. The third-order valence-corrected chi connectivity index (χ3v) is 5.17. The molecule has 8 nitrogen and oxygen atoms in total. The molecule has 3 rings (SSSR count). The summed E-state index contributed by atoms with van der Waals surface area (Å²) in [7, 11) is 1.78. The van der Waals surface area contributed by atoms with Crippen LogP contribution in [-0.4, -0.2) is 62.3 Å². The monoisotopic (exact) mass is 428 g/mol. The maximum Gasteiger partial charge on any atom is 0.410 e. The lowest BCUT2D eigenvalue weighted by Gasteiger charge is -2.38. The molecule has 1 aliphatic heterocycles. The molecule has 0 bridgehead atoms. The Morgan fingerprint density at radius 1 is 1.29 bits per heavy atom. The van der Waals surface area contributed by atoms with E-state index in [2.05, 4.69) is 19.9 Å². The van der Waals surface area contributed by atoms with Crippen LogP contribution in [0.4, 0.5) is 10.7 Å². The van der Waals surface area contributed by atoms with E-state index in [0.29, 0.717) is 24.3 Å². The number of fused-ring (bicyclic) bond motifs is 1. The molecule has 1 fully saturated rings.